The fraction of sp³-hybridized carbons (Fsp3) is 0.500. The van der Waals surface area contributed by atoms with E-state index in [1.807, 2.05) is 19.9 Å². The van der Waals surface area contributed by atoms with Gasteiger partial charge in [-0.05, 0) is 32.4 Å². The van der Waals surface area contributed by atoms with Gasteiger partial charge in [0.1, 0.15) is 0 Å². The Hall–Kier alpha value is -2.04. The highest BCUT2D eigenvalue weighted by atomic mass is 16.5. The first-order chi connectivity index (χ1) is 10.1. The van der Waals surface area contributed by atoms with Gasteiger partial charge in [-0.2, -0.15) is 0 Å². The van der Waals surface area contributed by atoms with Crippen LogP contribution in [0.15, 0.2) is 18.2 Å². The summed E-state index contributed by atoms with van der Waals surface area (Å²) in [6.45, 7) is 6.30. The molecule has 0 unspecified atom stereocenters. The van der Waals surface area contributed by atoms with Gasteiger partial charge in [-0.1, -0.05) is 6.07 Å². The Morgan fingerprint density at radius 1 is 1.33 bits per heavy atom. The number of para-hydroxylation sites is 1. The molecule has 0 N–H and O–H groups in total. The molecule has 0 radical (unpaired) electrons. The molecule has 1 heterocycles. The van der Waals surface area contributed by atoms with Gasteiger partial charge in [0.15, 0.2) is 0 Å². The fourth-order valence-electron chi connectivity index (χ4n) is 2.80. The molecular weight excluding hydrogens is 268 g/mol. The van der Waals surface area contributed by atoms with Crippen LogP contribution in [0.3, 0.4) is 0 Å². The van der Waals surface area contributed by atoms with Crippen molar-refractivity contribution in [2.75, 3.05) is 36.5 Å². The number of benzene rings is 1. The molecule has 0 saturated carbocycles. The number of carbonyl (C=O) groups excluding carboxylic acids is 2. The highest BCUT2D eigenvalue weighted by Gasteiger charge is 2.28. The minimum absolute atomic E-state index is 0.116. The quantitative estimate of drug-likeness (QED) is 0.782. The van der Waals surface area contributed by atoms with E-state index in [9.17, 15) is 9.59 Å². The summed E-state index contributed by atoms with van der Waals surface area (Å²) < 4.78 is 4.89. The molecule has 1 aliphatic heterocycles. The molecule has 114 valence electrons. The standard InChI is InChI=1S/C16H22N2O3/c1-4-17(5-2)15-12(16(20)21-3)8-6-9-13(15)18-11-7-10-14(18)19/h6,8-9H,4-5,7,10-11H2,1-3H3. The molecule has 0 spiro atoms. The lowest BCUT2D eigenvalue weighted by Gasteiger charge is -2.29. The predicted octanol–water partition coefficient (Wildman–Crippen LogP) is 2.45. The maximum absolute atomic E-state index is 12.1. The molecule has 0 bridgehead atoms. The molecule has 5 nitrogen and oxygen atoms in total. The van der Waals surface area contributed by atoms with E-state index in [1.165, 1.54) is 7.11 Å². The average molecular weight is 290 g/mol. The number of esters is 1. The molecule has 1 aromatic rings. The summed E-state index contributed by atoms with van der Waals surface area (Å²) in [6, 6.07) is 5.47. The number of nitrogens with zero attached hydrogens (tertiary/aromatic N) is 2. The summed E-state index contributed by atoms with van der Waals surface area (Å²) in [5.41, 5.74) is 2.12. The van der Waals surface area contributed by atoms with Gasteiger partial charge in [-0.15, -0.1) is 0 Å². The Balaban J connectivity index is 2.58. The number of amides is 1. The molecule has 0 aliphatic carbocycles. The Labute approximate surface area is 125 Å². The molecule has 1 aromatic carbocycles. The molecule has 2 rings (SSSR count). The fourth-order valence-corrected chi connectivity index (χ4v) is 2.80. The van der Waals surface area contributed by atoms with Crippen LogP contribution in [0.4, 0.5) is 11.4 Å². The number of hydrogen-bond acceptors (Lipinski definition) is 4. The summed E-state index contributed by atoms with van der Waals surface area (Å²) in [5.74, 6) is -0.254. The number of carbonyl (C=O) groups is 2. The summed E-state index contributed by atoms with van der Waals surface area (Å²) in [6.07, 6.45) is 1.43. The molecule has 1 amide bonds. The minimum atomic E-state index is -0.370. The van der Waals surface area contributed by atoms with Crippen molar-refractivity contribution in [3.8, 4) is 0 Å². The first-order valence-corrected chi connectivity index (χ1v) is 7.40. The van der Waals surface area contributed by atoms with Crippen LogP contribution in [0.1, 0.15) is 37.0 Å². The number of rotatable bonds is 5. The van der Waals surface area contributed by atoms with Gasteiger partial charge in [0.05, 0.1) is 24.0 Å². The van der Waals surface area contributed by atoms with Crippen LogP contribution >= 0.6 is 0 Å². The van der Waals surface area contributed by atoms with Crippen molar-refractivity contribution in [2.45, 2.75) is 26.7 Å². The molecular formula is C16H22N2O3. The number of ether oxygens (including phenoxy) is 1. The Morgan fingerprint density at radius 3 is 2.57 bits per heavy atom. The smallest absolute Gasteiger partial charge is 0.340 e. The van der Waals surface area contributed by atoms with Gasteiger partial charge >= 0.3 is 5.97 Å². The van der Waals surface area contributed by atoms with Crippen molar-refractivity contribution in [2.24, 2.45) is 0 Å². The van der Waals surface area contributed by atoms with Gasteiger partial charge in [0, 0.05) is 26.1 Å². The lowest BCUT2D eigenvalue weighted by atomic mass is 10.1. The van der Waals surface area contributed by atoms with E-state index in [1.54, 1.807) is 17.0 Å². The maximum Gasteiger partial charge on any atom is 0.340 e. The molecule has 0 atom stereocenters. The van der Waals surface area contributed by atoms with Gasteiger partial charge in [0.25, 0.3) is 0 Å². The van der Waals surface area contributed by atoms with E-state index in [-0.39, 0.29) is 11.9 Å². The van der Waals surface area contributed by atoms with Crippen molar-refractivity contribution < 1.29 is 14.3 Å². The van der Waals surface area contributed by atoms with E-state index in [2.05, 4.69) is 4.90 Å². The van der Waals surface area contributed by atoms with Crippen molar-refractivity contribution in [1.29, 1.82) is 0 Å². The van der Waals surface area contributed by atoms with Crippen LogP contribution in [-0.2, 0) is 9.53 Å². The van der Waals surface area contributed by atoms with Crippen LogP contribution in [-0.4, -0.2) is 38.6 Å². The molecule has 0 aromatic heterocycles. The molecule has 5 heteroatoms. The summed E-state index contributed by atoms with van der Waals surface area (Å²) in [4.78, 5) is 28.0. The van der Waals surface area contributed by atoms with Gasteiger partial charge in [-0.25, -0.2) is 4.79 Å². The lowest BCUT2D eigenvalue weighted by molar-refractivity contribution is -0.117. The highest BCUT2D eigenvalue weighted by molar-refractivity contribution is 6.04. The minimum Gasteiger partial charge on any atom is -0.465 e. The van der Waals surface area contributed by atoms with E-state index in [0.29, 0.717) is 18.5 Å². The van der Waals surface area contributed by atoms with Crippen LogP contribution in [0.25, 0.3) is 0 Å². The summed E-state index contributed by atoms with van der Waals surface area (Å²) in [5, 5.41) is 0. The van der Waals surface area contributed by atoms with Crippen molar-refractivity contribution in [1.82, 2.24) is 0 Å². The third-order valence-electron chi connectivity index (χ3n) is 3.86. The lowest BCUT2D eigenvalue weighted by Crippen LogP contribution is -2.30. The van der Waals surface area contributed by atoms with Gasteiger partial charge in [0.2, 0.25) is 5.91 Å². The molecule has 21 heavy (non-hydrogen) atoms. The zero-order valence-corrected chi connectivity index (χ0v) is 12.9. The second-order valence-electron chi connectivity index (χ2n) is 4.99. The molecule has 1 saturated heterocycles. The highest BCUT2D eigenvalue weighted by Crippen LogP contribution is 2.35. The van der Waals surface area contributed by atoms with Crippen molar-refractivity contribution >= 4 is 23.3 Å². The Bertz CT molecular complexity index is 538. The van der Waals surface area contributed by atoms with E-state index >= 15 is 0 Å². The number of methoxy groups -OCH3 is 1. The normalized spacial score (nSPS) is 14.4. The summed E-state index contributed by atoms with van der Waals surface area (Å²) in [7, 11) is 1.38. The van der Waals surface area contributed by atoms with E-state index in [0.717, 1.165) is 30.9 Å². The first kappa shape index (κ1) is 15.4. The number of anilines is 2. The maximum atomic E-state index is 12.1. The zero-order valence-electron chi connectivity index (χ0n) is 12.9. The topological polar surface area (TPSA) is 49.9 Å². The second-order valence-corrected chi connectivity index (χ2v) is 4.99. The van der Waals surface area contributed by atoms with E-state index < -0.39 is 0 Å². The van der Waals surface area contributed by atoms with Crippen LogP contribution in [0.5, 0.6) is 0 Å². The third kappa shape index (κ3) is 2.86. The van der Waals surface area contributed by atoms with Crippen molar-refractivity contribution in [3.05, 3.63) is 23.8 Å². The van der Waals surface area contributed by atoms with Crippen LogP contribution in [0.2, 0.25) is 0 Å². The first-order valence-electron chi connectivity index (χ1n) is 7.40. The monoisotopic (exact) mass is 290 g/mol. The van der Waals surface area contributed by atoms with Crippen LogP contribution in [0, 0.1) is 0 Å². The zero-order chi connectivity index (χ0) is 15.4. The molecule has 1 fully saturated rings. The average Bonchev–Trinajstić information content (AvgIpc) is 2.94. The molecule has 1 aliphatic rings. The summed E-state index contributed by atoms with van der Waals surface area (Å²) >= 11 is 0. The SMILES string of the molecule is CCN(CC)c1c(C(=O)OC)cccc1N1CCCC1=O. The Kier molecular flexibility index (Phi) is 4.83. The van der Waals surface area contributed by atoms with Crippen molar-refractivity contribution in [3.63, 3.8) is 0 Å². The van der Waals surface area contributed by atoms with Gasteiger partial charge < -0.3 is 14.5 Å². The van der Waals surface area contributed by atoms with Gasteiger partial charge in [-0.3, -0.25) is 4.79 Å². The van der Waals surface area contributed by atoms with Crippen LogP contribution < -0.4 is 9.80 Å². The van der Waals surface area contributed by atoms with E-state index in [4.69, 9.17) is 4.74 Å². The largest absolute Gasteiger partial charge is 0.465 e. The Morgan fingerprint density at radius 2 is 2.05 bits per heavy atom. The third-order valence-corrected chi connectivity index (χ3v) is 3.86. The predicted molar refractivity (Wildman–Crippen MR) is 82.9 cm³/mol. The second kappa shape index (κ2) is 6.61. The number of hydrogen-bond donors (Lipinski definition) is 0.